The molecule has 0 atom stereocenters. The summed E-state index contributed by atoms with van der Waals surface area (Å²) in [5, 5.41) is 10.9. The number of sulfone groups is 1. The van der Waals surface area contributed by atoms with Crippen molar-refractivity contribution in [1.29, 1.82) is 0 Å². The monoisotopic (exact) mass is 293 g/mol. The van der Waals surface area contributed by atoms with Gasteiger partial charge >= 0.3 is 5.69 Å². The topological polar surface area (TPSA) is 86.5 Å². The second kappa shape index (κ2) is 5.30. The Morgan fingerprint density at radius 3 is 2.15 bits per heavy atom. The van der Waals surface area contributed by atoms with E-state index in [2.05, 4.69) is 0 Å². The van der Waals surface area contributed by atoms with E-state index in [0.717, 1.165) is 6.26 Å². The van der Waals surface area contributed by atoms with Crippen molar-refractivity contribution < 1.29 is 18.1 Å². The summed E-state index contributed by atoms with van der Waals surface area (Å²) in [5.41, 5.74) is -0.226. The smallest absolute Gasteiger partial charge is 0.311 e. The van der Waals surface area contributed by atoms with E-state index in [4.69, 9.17) is 4.74 Å². The number of para-hydroxylation sites is 3. The van der Waals surface area contributed by atoms with Crippen LogP contribution in [0.25, 0.3) is 0 Å². The van der Waals surface area contributed by atoms with Gasteiger partial charge in [0.2, 0.25) is 5.75 Å². The first-order chi connectivity index (χ1) is 9.39. The van der Waals surface area contributed by atoms with Crippen LogP contribution in [0.15, 0.2) is 53.4 Å². The number of ether oxygens (including phenoxy) is 1. The van der Waals surface area contributed by atoms with Crippen LogP contribution in [0.1, 0.15) is 0 Å². The molecule has 0 unspecified atom stereocenters. The van der Waals surface area contributed by atoms with Crippen molar-refractivity contribution in [2.45, 2.75) is 4.90 Å². The third kappa shape index (κ3) is 2.94. The summed E-state index contributed by atoms with van der Waals surface area (Å²) in [6.07, 6.45) is 1.05. The van der Waals surface area contributed by atoms with Crippen molar-refractivity contribution in [2.24, 2.45) is 0 Å². The van der Waals surface area contributed by atoms with Gasteiger partial charge in [0, 0.05) is 12.3 Å². The highest BCUT2D eigenvalue weighted by molar-refractivity contribution is 7.90. The molecule has 0 aromatic heterocycles. The van der Waals surface area contributed by atoms with Crippen LogP contribution >= 0.6 is 0 Å². The summed E-state index contributed by atoms with van der Waals surface area (Å²) in [6, 6.07) is 11.8. The Bertz CT molecular complexity index is 755. The van der Waals surface area contributed by atoms with Gasteiger partial charge in [0.05, 0.1) is 4.92 Å². The lowest BCUT2D eigenvalue weighted by molar-refractivity contribution is -0.385. The van der Waals surface area contributed by atoms with E-state index < -0.39 is 14.8 Å². The molecule has 6 nitrogen and oxygen atoms in total. The van der Waals surface area contributed by atoms with Crippen LogP contribution < -0.4 is 4.74 Å². The number of benzene rings is 2. The van der Waals surface area contributed by atoms with Gasteiger partial charge in [-0.3, -0.25) is 10.1 Å². The first-order valence-corrected chi connectivity index (χ1v) is 7.49. The molecule has 7 heteroatoms. The summed E-state index contributed by atoms with van der Waals surface area (Å²) in [4.78, 5) is 10.3. The largest absolute Gasteiger partial charge is 0.449 e. The molecule has 0 N–H and O–H groups in total. The molecule has 2 rings (SSSR count). The summed E-state index contributed by atoms with van der Waals surface area (Å²) < 4.78 is 28.7. The molecule has 0 saturated heterocycles. The number of rotatable bonds is 4. The van der Waals surface area contributed by atoms with Gasteiger partial charge in [0.25, 0.3) is 0 Å². The highest BCUT2D eigenvalue weighted by atomic mass is 32.2. The minimum atomic E-state index is -3.48. The molecule has 0 saturated carbocycles. The maximum Gasteiger partial charge on any atom is 0.311 e. The Labute approximate surface area is 115 Å². The van der Waals surface area contributed by atoms with Crippen LogP contribution in [0.3, 0.4) is 0 Å². The number of nitrogens with zero attached hydrogens (tertiary/aromatic N) is 1. The minimum Gasteiger partial charge on any atom is -0.449 e. The normalized spacial score (nSPS) is 11.1. The fraction of sp³-hybridized carbons (Fsp3) is 0.0769. The molecule has 0 radical (unpaired) electrons. The van der Waals surface area contributed by atoms with Crippen molar-refractivity contribution in [3.05, 3.63) is 58.6 Å². The Morgan fingerprint density at radius 1 is 1.00 bits per heavy atom. The molecule has 0 bridgehead atoms. The maximum atomic E-state index is 11.6. The van der Waals surface area contributed by atoms with Gasteiger partial charge in [-0.05, 0) is 18.2 Å². The average Bonchev–Trinajstić information content (AvgIpc) is 2.38. The number of hydrogen-bond donors (Lipinski definition) is 0. The molecule has 20 heavy (non-hydrogen) atoms. The number of hydrogen-bond acceptors (Lipinski definition) is 5. The van der Waals surface area contributed by atoms with E-state index >= 15 is 0 Å². The Balaban J connectivity index is 2.49. The van der Waals surface area contributed by atoms with Crippen LogP contribution in [0, 0.1) is 10.1 Å². The van der Waals surface area contributed by atoms with Gasteiger partial charge in [0.15, 0.2) is 9.84 Å². The summed E-state index contributed by atoms with van der Waals surface area (Å²) in [5.74, 6) is 0.0536. The Hall–Kier alpha value is -2.41. The van der Waals surface area contributed by atoms with Crippen LogP contribution in [0.4, 0.5) is 5.69 Å². The van der Waals surface area contributed by atoms with Crippen LogP contribution in [-0.2, 0) is 9.84 Å². The van der Waals surface area contributed by atoms with Crippen LogP contribution in [0.2, 0.25) is 0 Å². The van der Waals surface area contributed by atoms with Crippen molar-refractivity contribution in [1.82, 2.24) is 0 Å². The van der Waals surface area contributed by atoms with Crippen molar-refractivity contribution in [3.8, 4) is 11.5 Å². The highest BCUT2D eigenvalue weighted by Gasteiger charge is 2.19. The van der Waals surface area contributed by atoms with Gasteiger partial charge in [0.1, 0.15) is 10.6 Å². The second-order valence-electron chi connectivity index (χ2n) is 4.05. The van der Waals surface area contributed by atoms with Gasteiger partial charge in [-0.15, -0.1) is 0 Å². The molecule has 0 amide bonds. The van der Waals surface area contributed by atoms with Gasteiger partial charge in [-0.1, -0.05) is 24.3 Å². The molecule has 0 heterocycles. The molecule has 2 aromatic carbocycles. The summed E-state index contributed by atoms with van der Waals surface area (Å²) in [6.45, 7) is 0. The zero-order valence-corrected chi connectivity index (χ0v) is 11.3. The van der Waals surface area contributed by atoms with E-state index in [-0.39, 0.29) is 22.1 Å². The van der Waals surface area contributed by atoms with Gasteiger partial charge in [-0.25, -0.2) is 8.42 Å². The van der Waals surface area contributed by atoms with Gasteiger partial charge < -0.3 is 4.74 Å². The third-order valence-corrected chi connectivity index (χ3v) is 3.67. The molecular weight excluding hydrogens is 282 g/mol. The van der Waals surface area contributed by atoms with E-state index in [1.807, 2.05) is 0 Å². The quantitative estimate of drug-likeness (QED) is 0.639. The minimum absolute atomic E-state index is 0.00593. The zero-order valence-electron chi connectivity index (χ0n) is 10.5. The summed E-state index contributed by atoms with van der Waals surface area (Å²) in [7, 11) is -3.48. The zero-order chi connectivity index (χ0) is 14.8. The second-order valence-corrected chi connectivity index (χ2v) is 6.03. The number of nitro groups is 1. The van der Waals surface area contributed by atoms with Gasteiger partial charge in [-0.2, -0.15) is 0 Å². The van der Waals surface area contributed by atoms with Crippen molar-refractivity contribution in [3.63, 3.8) is 0 Å². The molecular formula is C13H11NO5S. The van der Waals surface area contributed by atoms with E-state index in [9.17, 15) is 18.5 Å². The van der Waals surface area contributed by atoms with E-state index in [1.165, 1.54) is 30.3 Å². The first kappa shape index (κ1) is 14.0. The van der Waals surface area contributed by atoms with Crippen molar-refractivity contribution >= 4 is 15.5 Å². The SMILES string of the molecule is CS(=O)(=O)c1ccccc1Oc1ccccc1[N+](=O)[O-]. The van der Waals surface area contributed by atoms with E-state index in [0.29, 0.717) is 0 Å². The number of nitro benzene ring substituents is 1. The fourth-order valence-corrected chi connectivity index (χ4v) is 2.45. The lowest BCUT2D eigenvalue weighted by Gasteiger charge is -2.09. The average molecular weight is 293 g/mol. The third-order valence-electron chi connectivity index (χ3n) is 2.53. The highest BCUT2D eigenvalue weighted by Crippen LogP contribution is 2.33. The predicted molar refractivity (Wildman–Crippen MR) is 72.7 cm³/mol. The molecule has 0 spiro atoms. The lowest BCUT2D eigenvalue weighted by Crippen LogP contribution is -2.01. The van der Waals surface area contributed by atoms with Crippen LogP contribution in [0.5, 0.6) is 11.5 Å². The van der Waals surface area contributed by atoms with E-state index in [1.54, 1.807) is 18.2 Å². The predicted octanol–water partition coefficient (Wildman–Crippen LogP) is 2.79. The molecule has 2 aromatic rings. The Morgan fingerprint density at radius 2 is 1.55 bits per heavy atom. The molecule has 0 aliphatic rings. The summed E-state index contributed by atoms with van der Waals surface area (Å²) >= 11 is 0. The molecule has 0 aliphatic heterocycles. The lowest BCUT2D eigenvalue weighted by atomic mass is 10.3. The molecule has 104 valence electrons. The Kier molecular flexibility index (Phi) is 3.71. The molecule has 0 fully saturated rings. The van der Waals surface area contributed by atoms with Crippen LogP contribution in [-0.4, -0.2) is 19.6 Å². The maximum absolute atomic E-state index is 11.6. The van der Waals surface area contributed by atoms with Crippen molar-refractivity contribution in [2.75, 3.05) is 6.26 Å². The fourth-order valence-electron chi connectivity index (χ4n) is 1.65. The first-order valence-electron chi connectivity index (χ1n) is 5.60. The standard InChI is InChI=1S/C13H11NO5S/c1-20(17,18)13-9-5-4-8-12(13)19-11-7-3-2-6-10(11)14(15)16/h2-9H,1H3. The molecule has 0 aliphatic carbocycles.